The lowest BCUT2D eigenvalue weighted by atomic mass is 9.80. The van der Waals surface area contributed by atoms with Crippen LogP contribution < -0.4 is 14.8 Å². The average molecular weight is 361 g/mol. The van der Waals surface area contributed by atoms with Crippen LogP contribution in [0.25, 0.3) is 0 Å². The van der Waals surface area contributed by atoms with Gasteiger partial charge in [-0.2, -0.15) is 0 Å². The molecule has 0 unspecified atom stereocenters. The SMILES string of the molecule is COC(=O)C1=C(C)NC(C)=C(C(=O)OC)C1c1cc(OC)cc(OC)c1. The number of allylic oxidation sites excluding steroid dienone is 2. The smallest absolute Gasteiger partial charge is 0.336 e. The van der Waals surface area contributed by atoms with Gasteiger partial charge in [-0.15, -0.1) is 0 Å². The van der Waals surface area contributed by atoms with Gasteiger partial charge < -0.3 is 24.3 Å². The molecule has 0 amide bonds. The van der Waals surface area contributed by atoms with Crippen LogP contribution in [-0.4, -0.2) is 40.4 Å². The molecular formula is C19H23NO6. The summed E-state index contributed by atoms with van der Waals surface area (Å²) in [7, 11) is 5.67. The van der Waals surface area contributed by atoms with E-state index in [0.29, 0.717) is 39.6 Å². The summed E-state index contributed by atoms with van der Waals surface area (Å²) in [6, 6.07) is 5.23. The van der Waals surface area contributed by atoms with E-state index in [1.54, 1.807) is 32.0 Å². The molecule has 0 saturated carbocycles. The van der Waals surface area contributed by atoms with Crippen molar-refractivity contribution < 1.29 is 28.5 Å². The molecule has 7 heteroatoms. The Morgan fingerprint density at radius 2 is 1.23 bits per heavy atom. The minimum atomic E-state index is -0.680. The van der Waals surface area contributed by atoms with E-state index in [1.807, 2.05) is 0 Å². The zero-order valence-corrected chi connectivity index (χ0v) is 15.8. The third kappa shape index (κ3) is 3.51. The molecule has 0 bridgehead atoms. The molecule has 1 aromatic rings. The number of rotatable bonds is 5. The van der Waals surface area contributed by atoms with Gasteiger partial charge >= 0.3 is 11.9 Å². The molecule has 1 aliphatic rings. The number of carbonyl (C=O) groups excluding carboxylic acids is 2. The molecule has 26 heavy (non-hydrogen) atoms. The van der Waals surface area contributed by atoms with E-state index in [1.165, 1.54) is 28.4 Å². The predicted octanol–water partition coefficient (Wildman–Crippen LogP) is 2.28. The standard InChI is InChI=1S/C19H23NO6/c1-10-15(18(21)25-5)17(16(11(2)20-10)19(22)26-6)12-7-13(23-3)9-14(8-12)24-4/h7-9,17,20H,1-6H3. The van der Waals surface area contributed by atoms with Crippen LogP contribution in [0.2, 0.25) is 0 Å². The largest absolute Gasteiger partial charge is 0.497 e. The van der Waals surface area contributed by atoms with Gasteiger partial charge in [0.15, 0.2) is 0 Å². The maximum atomic E-state index is 12.5. The molecule has 2 rings (SSSR count). The number of dihydropyridines is 1. The molecule has 0 aromatic heterocycles. The van der Waals surface area contributed by atoms with E-state index >= 15 is 0 Å². The minimum absolute atomic E-state index is 0.328. The molecule has 1 heterocycles. The maximum absolute atomic E-state index is 12.5. The summed E-state index contributed by atoms with van der Waals surface area (Å²) < 4.78 is 20.5. The average Bonchev–Trinajstić information content (AvgIpc) is 2.65. The number of ether oxygens (including phenoxy) is 4. The highest BCUT2D eigenvalue weighted by atomic mass is 16.5. The topological polar surface area (TPSA) is 83.1 Å². The second-order valence-electron chi connectivity index (χ2n) is 5.76. The number of benzene rings is 1. The fourth-order valence-corrected chi connectivity index (χ4v) is 3.08. The Balaban J connectivity index is 2.76. The van der Waals surface area contributed by atoms with Crippen LogP contribution in [-0.2, 0) is 19.1 Å². The van der Waals surface area contributed by atoms with E-state index in [9.17, 15) is 9.59 Å². The Hall–Kier alpha value is -2.96. The first-order valence-electron chi connectivity index (χ1n) is 7.96. The van der Waals surface area contributed by atoms with Gasteiger partial charge in [-0.25, -0.2) is 9.59 Å². The Labute approximate surface area is 152 Å². The van der Waals surface area contributed by atoms with Crippen LogP contribution in [0.5, 0.6) is 11.5 Å². The molecule has 0 atom stereocenters. The molecule has 0 aliphatic carbocycles. The monoisotopic (exact) mass is 361 g/mol. The molecule has 1 aliphatic heterocycles. The normalized spacial score (nSPS) is 14.7. The van der Waals surface area contributed by atoms with Crippen molar-refractivity contribution >= 4 is 11.9 Å². The van der Waals surface area contributed by atoms with Crippen molar-refractivity contribution in [3.05, 3.63) is 46.3 Å². The number of nitrogens with one attached hydrogen (secondary N) is 1. The minimum Gasteiger partial charge on any atom is -0.497 e. The Morgan fingerprint density at radius 3 is 1.58 bits per heavy atom. The molecular weight excluding hydrogens is 338 g/mol. The third-order valence-corrected chi connectivity index (χ3v) is 4.28. The Bertz CT molecular complexity index is 733. The van der Waals surface area contributed by atoms with Gasteiger partial charge in [0.1, 0.15) is 11.5 Å². The van der Waals surface area contributed by atoms with Gasteiger partial charge in [0.2, 0.25) is 0 Å². The predicted molar refractivity (Wildman–Crippen MR) is 94.9 cm³/mol. The summed E-state index contributed by atoms with van der Waals surface area (Å²) in [6.45, 7) is 3.52. The van der Waals surface area contributed by atoms with Gasteiger partial charge in [0, 0.05) is 17.5 Å². The van der Waals surface area contributed by atoms with Gasteiger partial charge in [0.05, 0.1) is 45.5 Å². The van der Waals surface area contributed by atoms with Crippen LogP contribution in [0, 0.1) is 0 Å². The highest BCUT2D eigenvalue weighted by Crippen LogP contribution is 2.41. The first-order valence-corrected chi connectivity index (χ1v) is 7.96. The fourth-order valence-electron chi connectivity index (χ4n) is 3.08. The summed E-state index contributed by atoms with van der Waals surface area (Å²) in [4.78, 5) is 25.0. The maximum Gasteiger partial charge on any atom is 0.336 e. The zero-order chi connectivity index (χ0) is 19.4. The summed E-state index contributed by atoms with van der Waals surface area (Å²) >= 11 is 0. The van der Waals surface area contributed by atoms with E-state index < -0.39 is 17.9 Å². The van der Waals surface area contributed by atoms with Gasteiger partial charge in [-0.1, -0.05) is 0 Å². The third-order valence-electron chi connectivity index (χ3n) is 4.28. The first-order chi connectivity index (χ1) is 12.4. The second kappa shape index (κ2) is 7.95. The van der Waals surface area contributed by atoms with Gasteiger partial charge in [-0.3, -0.25) is 0 Å². The number of hydrogen-bond acceptors (Lipinski definition) is 7. The van der Waals surface area contributed by atoms with Crippen LogP contribution in [0.15, 0.2) is 40.7 Å². The number of esters is 2. The summed E-state index contributed by atoms with van der Waals surface area (Å²) in [6.07, 6.45) is 0. The van der Waals surface area contributed by atoms with Crippen LogP contribution in [0.3, 0.4) is 0 Å². The van der Waals surface area contributed by atoms with E-state index in [2.05, 4.69) is 5.32 Å². The highest BCUT2D eigenvalue weighted by Gasteiger charge is 2.38. The van der Waals surface area contributed by atoms with Crippen molar-refractivity contribution in [2.24, 2.45) is 0 Å². The Kier molecular flexibility index (Phi) is 5.92. The summed E-state index contributed by atoms with van der Waals surface area (Å²) in [5, 5.41) is 3.06. The molecule has 140 valence electrons. The van der Waals surface area contributed by atoms with Crippen LogP contribution >= 0.6 is 0 Å². The Morgan fingerprint density at radius 1 is 0.808 bits per heavy atom. The van der Waals surface area contributed by atoms with Crippen molar-refractivity contribution in [1.82, 2.24) is 5.32 Å². The van der Waals surface area contributed by atoms with E-state index in [0.717, 1.165) is 0 Å². The van der Waals surface area contributed by atoms with Gasteiger partial charge in [0.25, 0.3) is 0 Å². The lowest BCUT2D eigenvalue weighted by Crippen LogP contribution is -2.32. The number of carbonyl (C=O) groups is 2. The second-order valence-corrected chi connectivity index (χ2v) is 5.76. The van der Waals surface area contributed by atoms with Crippen molar-refractivity contribution in [3.8, 4) is 11.5 Å². The van der Waals surface area contributed by atoms with E-state index in [4.69, 9.17) is 18.9 Å². The first kappa shape index (κ1) is 19.4. The molecule has 0 saturated heterocycles. The van der Waals surface area contributed by atoms with Crippen molar-refractivity contribution in [2.45, 2.75) is 19.8 Å². The molecule has 0 radical (unpaired) electrons. The molecule has 1 N–H and O–H groups in total. The van der Waals surface area contributed by atoms with Crippen LogP contribution in [0.1, 0.15) is 25.3 Å². The number of methoxy groups -OCH3 is 4. The van der Waals surface area contributed by atoms with Crippen molar-refractivity contribution in [1.29, 1.82) is 0 Å². The highest BCUT2D eigenvalue weighted by molar-refractivity contribution is 5.99. The van der Waals surface area contributed by atoms with Crippen molar-refractivity contribution in [3.63, 3.8) is 0 Å². The van der Waals surface area contributed by atoms with Crippen LogP contribution in [0.4, 0.5) is 0 Å². The summed E-state index contributed by atoms with van der Waals surface area (Å²) in [5.41, 5.74) is 2.52. The lowest BCUT2D eigenvalue weighted by Gasteiger charge is -2.30. The molecule has 1 aromatic carbocycles. The zero-order valence-electron chi connectivity index (χ0n) is 15.8. The van der Waals surface area contributed by atoms with E-state index in [-0.39, 0.29) is 0 Å². The van der Waals surface area contributed by atoms with Gasteiger partial charge in [-0.05, 0) is 31.5 Å². The fraction of sp³-hybridized carbons (Fsp3) is 0.368. The molecule has 7 nitrogen and oxygen atoms in total. The lowest BCUT2D eigenvalue weighted by molar-refractivity contribution is -0.137. The molecule has 0 spiro atoms. The molecule has 0 fully saturated rings. The summed E-state index contributed by atoms with van der Waals surface area (Å²) in [5.74, 6) is -0.658. The number of hydrogen-bond donors (Lipinski definition) is 1. The quantitative estimate of drug-likeness (QED) is 0.806. The van der Waals surface area contributed by atoms with Crippen molar-refractivity contribution in [2.75, 3.05) is 28.4 Å².